The van der Waals surface area contributed by atoms with Crippen LogP contribution in [-0.4, -0.2) is 46.1 Å². The summed E-state index contributed by atoms with van der Waals surface area (Å²) in [6.45, 7) is 1.44. The second-order valence-electron chi connectivity index (χ2n) is 6.58. The summed E-state index contributed by atoms with van der Waals surface area (Å²) in [7, 11) is 1.56. The fraction of sp³-hybridized carbons (Fsp3) is 0.368. The van der Waals surface area contributed by atoms with Crippen LogP contribution in [0.15, 0.2) is 39.7 Å². The molecule has 0 saturated carbocycles. The van der Waals surface area contributed by atoms with Gasteiger partial charge in [-0.2, -0.15) is 16.3 Å². The molecular formula is C19H20N4O3S. The fourth-order valence-corrected chi connectivity index (χ4v) is 3.95. The number of piperidine rings is 1. The largest absolute Gasteiger partial charge is 0.481 e. The van der Waals surface area contributed by atoms with E-state index in [2.05, 4.69) is 15.1 Å². The summed E-state index contributed by atoms with van der Waals surface area (Å²) in [5.41, 5.74) is 1.55. The predicted molar refractivity (Wildman–Crippen MR) is 101 cm³/mol. The highest BCUT2D eigenvalue weighted by molar-refractivity contribution is 7.08. The minimum Gasteiger partial charge on any atom is -0.481 e. The number of likely N-dealkylation sites (tertiary alicyclic amines) is 1. The van der Waals surface area contributed by atoms with Crippen molar-refractivity contribution < 1.29 is 14.1 Å². The summed E-state index contributed by atoms with van der Waals surface area (Å²) in [6, 6.07) is 5.44. The second kappa shape index (κ2) is 7.87. The third-order valence-corrected chi connectivity index (χ3v) is 5.39. The summed E-state index contributed by atoms with van der Waals surface area (Å²) in [5, 5.41) is 8.05. The SMILES string of the molecule is COc1ccc(C(=O)N2CCCC(Cc3nc(-c4ccsc4)no3)C2)cn1. The predicted octanol–water partition coefficient (Wildman–Crippen LogP) is 3.30. The highest BCUT2D eigenvalue weighted by Gasteiger charge is 2.26. The number of aromatic nitrogens is 3. The average Bonchev–Trinajstić information content (AvgIpc) is 3.39. The van der Waals surface area contributed by atoms with E-state index in [1.54, 1.807) is 36.8 Å². The molecule has 0 aromatic carbocycles. The molecule has 1 unspecified atom stereocenters. The van der Waals surface area contributed by atoms with E-state index in [0.717, 1.165) is 24.9 Å². The minimum absolute atomic E-state index is 0.000607. The van der Waals surface area contributed by atoms with Crippen LogP contribution >= 0.6 is 11.3 Å². The molecule has 0 N–H and O–H groups in total. The van der Waals surface area contributed by atoms with Crippen LogP contribution in [-0.2, 0) is 6.42 Å². The summed E-state index contributed by atoms with van der Waals surface area (Å²) in [4.78, 5) is 23.3. The molecule has 8 heteroatoms. The zero-order chi connectivity index (χ0) is 18.6. The molecule has 1 aliphatic heterocycles. The maximum Gasteiger partial charge on any atom is 0.255 e. The van der Waals surface area contributed by atoms with Crippen LogP contribution in [0.1, 0.15) is 29.1 Å². The van der Waals surface area contributed by atoms with E-state index < -0.39 is 0 Å². The zero-order valence-corrected chi connectivity index (χ0v) is 15.8. The van der Waals surface area contributed by atoms with E-state index in [1.165, 1.54) is 0 Å². The standard InChI is InChI=1S/C19H20N4O3S/c1-25-16-5-4-14(10-20-16)19(24)23-7-2-3-13(11-23)9-17-21-18(22-26-17)15-6-8-27-12-15/h4-6,8,10,12-13H,2-3,7,9,11H2,1H3. The first-order valence-electron chi connectivity index (χ1n) is 8.87. The summed E-state index contributed by atoms with van der Waals surface area (Å²) in [6.07, 6.45) is 4.25. The first kappa shape index (κ1) is 17.7. The van der Waals surface area contributed by atoms with Crippen molar-refractivity contribution in [1.29, 1.82) is 0 Å². The molecule has 7 nitrogen and oxygen atoms in total. The third kappa shape index (κ3) is 4.00. The highest BCUT2D eigenvalue weighted by atomic mass is 32.1. The Morgan fingerprint density at radius 1 is 1.41 bits per heavy atom. The Kier molecular flexibility index (Phi) is 5.15. The van der Waals surface area contributed by atoms with Gasteiger partial charge in [0.2, 0.25) is 17.6 Å². The van der Waals surface area contributed by atoms with Crippen molar-refractivity contribution >= 4 is 17.2 Å². The lowest BCUT2D eigenvalue weighted by molar-refractivity contribution is 0.0667. The molecule has 3 aromatic rings. The molecule has 0 radical (unpaired) electrons. The van der Waals surface area contributed by atoms with Crippen LogP contribution < -0.4 is 4.74 Å². The molecule has 3 aromatic heterocycles. The first-order valence-corrected chi connectivity index (χ1v) is 9.81. The van der Waals surface area contributed by atoms with Gasteiger partial charge in [-0.25, -0.2) is 4.98 Å². The number of hydrogen-bond donors (Lipinski definition) is 0. The number of nitrogens with zero attached hydrogens (tertiary/aromatic N) is 4. The van der Waals surface area contributed by atoms with Crippen LogP contribution in [0.2, 0.25) is 0 Å². The van der Waals surface area contributed by atoms with Gasteiger partial charge in [-0.05, 0) is 36.3 Å². The maximum absolute atomic E-state index is 12.8. The number of methoxy groups -OCH3 is 1. The van der Waals surface area contributed by atoms with E-state index in [9.17, 15) is 4.79 Å². The Balaban J connectivity index is 1.39. The molecule has 1 saturated heterocycles. The quantitative estimate of drug-likeness (QED) is 0.671. The van der Waals surface area contributed by atoms with E-state index in [-0.39, 0.29) is 5.91 Å². The van der Waals surface area contributed by atoms with E-state index in [1.807, 2.05) is 21.7 Å². The van der Waals surface area contributed by atoms with Gasteiger partial charge in [0.15, 0.2) is 0 Å². The molecule has 4 heterocycles. The van der Waals surface area contributed by atoms with Crippen molar-refractivity contribution in [1.82, 2.24) is 20.0 Å². The van der Waals surface area contributed by atoms with E-state index in [0.29, 0.717) is 42.0 Å². The summed E-state index contributed by atoms with van der Waals surface area (Å²) in [5.74, 6) is 2.06. The number of ether oxygens (including phenoxy) is 1. The van der Waals surface area contributed by atoms with Crippen LogP contribution in [0.5, 0.6) is 5.88 Å². The molecule has 140 valence electrons. The van der Waals surface area contributed by atoms with Gasteiger partial charge in [0.05, 0.1) is 12.7 Å². The molecule has 1 fully saturated rings. The lowest BCUT2D eigenvalue weighted by Gasteiger charge is -2.32. The summed E-state index contributed by atoms with van der Waals surface area (Å²) >= 11 is 1.60. The second-order valence-corrected chi connectivity index (χ2v) is 7.36. The van der Waals surface area contributed by atoms with Crippen molar-refractivity contribution in [3.63, 3.8) is 0 Å². The lowest BCUT2D eigenvalue weighted by Crippen LogP contribution is -2.40. The van der Waals surface area contributed by atoms with Gasteiger partial charge in [0.1, 0.15) is 0 Å². The van der Waals surface area contributed by atoms with Crippen molar-refractivity contribution in [2.24, 2.45) is 5.92 Å². The van der Waals surface area contributed by atoms with Gasteiger partial charge in [0, 0.05) is 42.7 Å². The zero-order valence-electron chi connectivity index (χ0n) is 15.0. The lowest BCUT2D eigenvalue weighted by atomic mass is 9.94. The Hall–Kier alpha value is -2.74. The Labute approximate surface area is 161 Å². The topological polar surface area (TPSA) is 81.4 Å². The Morgan fingerprint density at radius 3 is 3.07 bits per heavy atom. The molecule has 4 rings (SSSR count). The Bertz CT molecular complexity index is 892. The van der Waals surface area contributed by atoms with Crippen molar-refractivity contribution in [3.05, 3.63) is 46.6 Å². The van der Waals surface area contributed by atoms with Crippen molar-refractivity contribution in [3.8, 4) is 17.3 Å². The number of thiophene rings is 1. The number of pyridine rings is 1. The molecule has 1 amide bonds. The van der Waals surface area contributed by atoms with Gasteiger partial charge in [-0.3, -0.25) is 4.79 Å². The molecule has 27 heavy (non-hydrogen) atoms. The first-order chi connectivity index (χ1) is 13.2. The van der Waals surface area contributed by atoms with Crippen LogP contribution in [0.25, 0.3) is 11.4 Å². The molecule has 0 bridgehead atoms. The number of rotatable bonds is 5. The van der Waals surface area contributed by atoms with Gasteiger partial charge in [-0.15, -0.1) is 0 Å². The number of hydrogen-bond acceptors (Lipinski definition) is 7. The van der Waals surface area contributed by atoms with Crippen LogP contribution in [0.3, 0.4) is 0 Å². The van der Waals surface area contributed by atoms with Crippen LogP contribution in [0, 0.1) is 5.92 Å². The number of amides is 1. The van der Waals surface area contributed by atoms with Gasteiger partial charge < -0.3 is 14.2 Å². The van der Waals surface area contributed by atoms with Gasteiger partial charge in [-0.1, -0.05) is 5.16 Å². The molecule has 1 aliphatic rings. The minimum atomic E-state index is -0.000607. The molecule has 0 spiro atoms. The fourth-order valence-electron chi connectivity index (χ4n) is 3.32. The summed E-state index contributed by atoms with van der Waals surface area (Å²) < 4.78 is 10.5. The average molecular weight is 384 g/mol. The number of carbonyl (C=O) groups excluding carboxylic acids is 1. The van der Waals surface area contributed by atoms with Crippen LogP contribution in [0.4, 0.5) is 0 Å². The highest BCUT2D eigenvalue weighted by Crippen LogP contribution is 2.24. The van der Waals surface area contributed by atoms with Gasteiger partial charge >= 0.3 is 0 Å². The van der Waals surface area contributed by atoms with Crippen molar-refractivity contribution in [2.75, 3.05) is 20.2 Å². The molecular weight excluding hydrogens is 364 g/mol. The van der Waals surface area contributed by atoms with E-state index >= 15 is 0 Å². The Morgan fingerprint density at radius 2 is 2.33 bits per heavy atom. The van der Waals surface area contributed by atoms with E-state index in [4.69, 9.17) is 9.26 Å². The monoisotopic (exact) mass is 384 g/mol. The maximum atomic E-state index is 12.8. The number of carbonyl (C=O) groups is 1. The normalized spacial score (nSPS) is 17.1. The third-order valence-electron chi connectivity index (χ3n) is 4.71. The molecule has 1 atom stereocenters. The van der Waals surface area contributed by atoms with Crippen molar-refractivity contribution in [2.45, 2.75) is 19.3 Å². The van der Waals surface area contributed by atoms with Gasteiger partial charge in [0.25, 0.3) is 5.91 Å². The molecule has 0 aliphatic carbocycles. The smallest absolute Gasteiger partial charge is 0.255 e.